The minimum Gasteiger partial charge on any atom is -0.367 e. The number of hydrogen-bond donors (Lipinski definition) is 1. The van der Waals surface area contributed by atoms with Crippen molar-refractivity contribution in [3.8, 4) is 0 Å². The molecule has 0 aliphatic heterocycles. The van der Waals surface area contributed by atoms with Crippen molar-refractivity contribution in [3.63, 3.8) is 0 Å². The molecule has 0 radical (unpaired) electrons. The van der Waals surface area contributed by atoms with Crippen molar-refractivity contribution in [1.29, 1.82) is 0 Å². The Bertz CT molecular complexity index is 279. The van der Waals surface area contributed by atoms with Gasteiger partial charge >= 0.3 is 0 Å². The number of likely N-dealkylation sites (N-methyl/N-ethyl adjacent to an activating group) is 2. The molecule has 2 aliphatic carbocycles. The Kier molecular flexibility index (Phi) is 5.01. The van der Waals surface area contributed by atoms with Gasteiger partial charge in [0.15, 0.2) is 0 Å². The number of nitrogens with one attached hydrogen (secondary N) is 1. The topological polar surface area (TPSA) is 41.6 Å². The van der Waals surface area contributed by atoms with Crippen molar-refractivity contribution in [2.24, 2.45) is 0 Å². The first-order valence-electron chi connectivity index (χ1n) is 7.34. The molecule has 2 unspecified atom stereocenters. The number of carbonyl (C=O) groups is 1. The molecular formula is C14H26N2O2. The molecule has 0 heterocycles. The van der Waals surface area contributed by atoms with E-state index in [2.05, 4.69) is 5.32 Å². The predicted octanol–water partition coefficient (Wildman–Crippen LogP) is 1.54. The van der Waals surface area contributed by atoms with Crippen LogP contribution in [-0.4, -0.2) is 49.2 Å². The fourth-order valence-electron chi connectivity index (χ4n) is 2.91. The summed E-state index contributed by atoms with van der Waals surface area (Å²) in [5.74, 6) is 0.167. The number of nitrogens with zero attached hydrogens (tertiary/aromatic N) is 1. The number of carbonyl (C=O) groups excluding carboxylic acids is 1. The van der Waals surface area contributed by atoms with Gasteiger partial charge in [-0.1, -0.05) is 12.8 Å². The molecule has 0 aromatic carbocycles. The van der Waals surface area contributed by atoms with Crippen molar-refractivity contribution in [3.05, 3.63) is 0 Å². The van der Waals surface area contributed by atoms with E-state index in [0.717, 1.165) is 19.4 Å². The molecule has 2 rings (SSSR count). The van der Waals surface area contributed by atoms with E-state index in [9.17, 15) is 4.79 Å². The lowest BCUT2D eigenvalue weighted by Crippen LogP contribution is -2.44. The van der Waals surface area contributed by atoms with Gasteiger partial charge in [0.2, 0.25) is 5.91 Å². The van der Waals surface area contributed by atoms with Crippen LogP contribution in [0.2, 0.25) is 0 Å². The molecule has 1 amide bonds. The Morgan fingerprint density at radius 1 is 1.28 bits per heavy atom. The largest absolute Gasteiger partial charge is 0.367 e. The summed E-state index contributed by atoms with van der Waals surface area (Å²) in [6.45, 7) is 3.12. The highest BCUT2D eigenvalue weighted by molar-refractivity contribution is 5.78. The zero-order valence-electron chi connectivity index (χ0n) is 11.7. The van der Waals surface area contributed by atoms with Crippen molar-refractivity contribution in [2.75, 3.05) is 20.2 Å². The van der Waals surface area contributed by atoms with Crippen molar-refractivity contribution >= 4 is 5.91 Å². The van der Waals surface area contributed by atoms with E-state index in [1.165, 1.54) is 25.7 Å². The maximum Gasteiger partial charge on any atom is 0.248 e. The van der Waals surface area contributed by atoms with Crippen LogP contribution in [0.3, 0.4) is 0 Å². The molecule has 2 atom stereocenters. The van der Waals surface area contributed by atoms with Crippen LogP contribution in [0.1, 0.15) is 45.4 Å². The summed E-state index contributed by atoms with van der Waals surface area (Å²) >= 11 is 0. The van der Waals surface area contributed by atoms with Crippen LogP contribution in [0, 0.1) is 0 Å². The van der Waals surface area contributed by atoms with Gasteiger partial charge in [0.1, 0.15) is 6.61 Å². The Labute approximate surface area is 110 Å². The average Bonchev–Trinajstić information content (AvgIpc) is 3.22. The monoisotopic (exact) mass is 254 g/mol. The summed E-state index contributed by atoms with van der Waals surface area (Å²) in [6, 6.07) is 0.917. The first-order valence-corrected chi connectivity index (χ1v) is 7.34. The molecule has 0 aromatic rings. The molecule has 2 aliphatic rings. The average molecular weight is 254 g/mol. The molecule has 1 N–H and O–H groups in total. The van der Waals surface area contributed by atoms with Crippen LogP contribution >= 0.6 is 0 Å². The van der Waals surface area contributed by atoms with Crippen molar-refractivity contribution < 1.29 is 9.53 Å². The second-order valence-electron chi connectivity index (χ2n) is 5.44. The van der Waals surface area contributed by atoms with E-state index in [1.54, 1.807) is 0 Å². The van der Waals surface area contributed by atoms with Gasteiger partial charge in [-0.15, -0.1) is 0 Å². The maximum atomic E-state index is 12.1. The van der Waals surface area contributed by atoms with Crippen LogP contribution in [0.25, 0.3) is 0 Å². The molecule has 0 saturated heterocycles. The van der Waals surface area contributed by atoms with Gasteiger partial charge < -0.3 is 15.0 Å². The number of hydrogen-bond acceptors (Lipinski definition) is 3. The molecule has 104 valence electrons. The second-order valence-corrected chi connectivity index (χ2v) is 5.44. The Morgan fingerprint density at radius 2 is 2.00 bits per heavy atom. The standard InChI is InChI=1S/C14H26N2O2/c1-3-16(11-8-9-11)14(17)10-18-13-7-5-4-6-12(13)15-2/h11-13,15H,3-10H2,1-2H3. The third-order valence-electron chi connectivity index (χ3n) is 4.14. The zero-order chi connectivity index (χ0) is 13.0. The molecule has 18 heavy (non-hydrogen) atoms. The zero-order valence-corrected chi connectivity index (χ0v) is 11.7. The Balaban J connectivity index is 1.76. The van der Waals surface area contributed by atoms with E-state index < -0.39 is 0 Å². The molecule has 4 nitrogen and oxygen atoms in total. The van der Waals surface area contributed by atoms with E-state index in [1.807, 2.05) is 18.9 Å². The molecular weight excluding hydrogens is 228 g/mol. The molecule has 4 heteroatoms. The molecule has 0 aromatic heterocycles. The number of ether oxygens (including phenoxy) is 1. The van der Waals surface area contributed by atoms with Crippen molar-refractivity contribution in [1.82, 2.24) is 10.2 Å². The van der Waals surface area contributed by atoms with E-state index >= 15 is 0 Å². The summed E-state index contributed by atoms with van der Waals surface area (Å²) in [6.07, 6.45) is 7.28. The van der Waals surface area contributed by atoms with Gasteiger partial charge in [0.25, 0.3) is 0 Å². The van der Waals surface area contributed by atoms with Gasteiger partial charge in [-0.25, -0.2) is 0 Å². The van der Waals surface area contributed by atoms with Crippen LogP contribution in [-0.2, 0) is 9.53 Å². The maximum absolute atomic E-state index is 12.1. The third-order valence-corrected chi connectivity index (χ3v) is 4.14. The number of rotatable bonds is 6. The van der Waals surface area contributed by atoms with Crippen LogP contribution in [0.4, 0.5) is 0 Å². The third kappa shape index (κ3) is 3.45. The highest BCUT2D eigenvalue weighted by atomic mass is 16.5. The number of amides is 1. The van der Waals surface area contributed by atoms with Crippen LogP contribution < -0.4 is 5.32 Å². The normalized spacial score (nSPS) is 28.1. The lowest BCUT2D eigenvalue weighted by Gasteiger charge is -2.31. The molecule has 0 bridgehead atoms. The summed E-state index contributed by atoms with van der Waals surface area (Å²) < 4.78 is 5.86. The van der Waals surface area contributed by atoms with Gasteiger partial charge in [-0.05, 0) is 39.7 Å². The molecule has 2 fully saturated rings. The van der Waals surface area contributed by atoms with Crippen LogP contribution in [0.15, 0.2) is 0 Å². The van der Waals surface area contributed by atoms with Crippen LogP contribution in [0.5, 0.6) is 0 Å². The first kappa shape index (κ1) is 13.8. The SMILES string of the molecule is CCN(C(=O)COC1CCCCC1NC)C1CC1. The predicted molar refractivity (Wildman–Crippen MR) is 71.5 cm³/mol. The minimum absolute atomic E-state index is 0.167. The quantitative estimate of drug-likeness (QED) is 0.782. The van der Waals surface area contributed by atoms with E-state index in [0.29, 0.717) is 12.1 Å². The first-order chi connectivity index (χ1) is 8.76. The lowest BCUT2D eigenvalue weighted by atomic mass is 9.92. The van der Waals surface area contributed by atoms with E-state index in [4.69, 9.17) is 4.74 Å². The van der Waals surface area contributed by atoms with Gasteiger partial charge in [-0.3, -0.25) is 4.79 Å². The Morgan fingerprint density at radius 3 is 2.61 bits per heavy atom. The fraction of sp³-hybridized carbons (Fsp3) is 0.929. The second kappa shape index (κ2) is 6.53. The highest BCUT2D eigenvalue weighted by Gasteiger charge is 2.32. The van der Waals surface area contributed by atoms with Gasteiger partial charge in [0, 0.05) is 18.6 Å². The fourth-order valence-corrected chi connectivity index (χ4v) is 2.91. The molecule has 2 saturated carbocycles. The lowest BCUT2D eigenvalue weighted by molar-refractivity contribution is -0.139. The summed E-state index contributed by atoms with van der Waals surface area (Å²) in [4.78, 5) is 14.0. The van der Waals surface area contributed by atoms with Crippen molar-refractivity contribution in [2.45, 2.75) is 63.6 Å². The molecule has 0 spiro atoms. The Hall–Kier alpha value is -0.610. The van der Waals surface area contributed by atoms with E-state index in [-0.39, 0.29) is 18.6 Å². The van der Waals surface area contributed by atoms with Gasteiger partial charge in [0.05, 0.1) is 6.10 Å². The summed E-state index contributed by atoms with van der Waals surface area (Å²) in [7, 11) is 1.98. The van der Waals surface area contributed by atoms with Gasteiger partial charge in [-0.2, -0.15) is 0 Å². The highest BCUT2D eigenvalue weighted by Crippen LogP contribution is 2.27. The summed E-state index contributed by atoms with van der Waals surface area (Å²) in [5, 5.41) is 3.31. The minimum atomic E-state index is 0.167. The summed E-state index contributed by atoms with van der Waals surface area (Å²) in [5.41, 5.74) is 0. The smallest absolute Gasteiger partial charge is 0.248 e.